The van der Waals surface area contributed by atoms with E-state index in [9.17, 15) is 4.79 Å². The van der Waals surface area contributed by atoms with Gasteiger partial charge in [0.05, 0.1) is 12.2 Å². The smallest absolute Gasteiger partial charge is 0.291 e. The second-order valence-electron chi connectivity index (χ2n) is 7.05. The largest absolute Gasteiger partial charge is 0.435 e. The van der Waals surface area contributed by atoms with Crippen molar-refractivity contribution in [3.8, 4) is 0 Å². The number of hydrogen-bond donors (Lipinski definition) is 0. The molecule has 3 aromatic rings. The van der Waals surface area contributed by atoms with Crippen LogP contribution in [-0.4, -0.2) is 26.9 Å². The highest BCUT2D eigenvalue weighted by atomic mass is 16.4. The number of benzene rings is 1. The maximum absolute atomic E-state index is 13.0. The Morgan fingerprint density at radius 3 is 2.80 bits per heavy atom. The van der Waals surface area contributed by atoms with Gasteiger partial charge < -0.3 is 13.9 Å². The molecule has 0 spiro atoms. The predicted molar refractivity (Wildman–Crippen MR) is 96.6 cm³/mol. The van der Waals surface area contributed by atoms with E-state index in [0.29, 0.717) is 23.9 Å². The fraction of sp³-hybridized carbons (Fsp3) is 0.400. The summed E-state index contributed by atoms with van der Waals surface area (Å²) in [7, 11) is 0. The minimum atomic E-state index is -0.0596. The number of hydrogen-bond acceptors (Lipinski definition) is 3. The zero-order chi connectivity index (χ0) is 17.6. The predicted octanol–water partition coefficient (Wildman–Crippen LogP) is 4.11. The molecule has 2 aromatic heterocycles. The Labute approximate surface area is 147 Å². The van der Waals surface area contributed by atoms with Crippen LogP contribution < -0.4 is 0 Å². The summed E-state index contributed by atoms with van der Waals surface area (Å²) >= 11 is 0. The molecule has 0 radical (unpaired) electrons. The maximum Gasteiger partial charge on any atom is 0.291 e. The number of oxazole rings is 1. The van der Waals surface area contributed by atoms with Gasteiger partial charge in [-0.1, -0.05) is 32.0 Å². The fourth-order valence-corrected chi connectivity index (χ4v) is 3.54. The number of aryl methyl sites for hydroxylation is 2. The van der Waals surface area contributed by atoms with Crippen molar-refractivity contribution >= 4 is 16.8 Å². The summed E-state index contributed by atoms with van der Waals surface area (Å²) in [5.41, 5.74) is 3.09. The van der Waals surface area contributed by atoms with Crippen LogP contribution in [-0.2, 0) is 13.1 Å². The molecule has 0 N–H and O–H groups in total. The molecule has 130 valence electrons. The second kappa shape index (κ2) is 6.06. The molecule has 1 amide bonds. The number of amides is 1. The summed E-state index contributed by atoms with van der Waals surface area (Å²) in [6.07, 6.45) is 0.932. The lowest BCUT2D eigenvalue weighted by molar-refractivity contribution is 0.0710. The third kappa shape index (κ3) is 2.73. The number of fused-ring (bicyclic) bond motifs is 3. The average molecular weight is 337 g/mol. The number of carbonyl (C=O) groups is 1. The average Bonchev–Trinajstić information content (AvgIpc) is 3.07. The van der Waals surface area contributed by atoms with Gasteiger partial charge in [0, 0.05) is 30.2 Å². The molecule has 5 nitrogen and oxygen atoms in total. The molecule has 0 fully saturated rings. The summed E-state index contributed by atoms with van der Waals surface area (Å²) in [5.74, 6) is 1.13. The van der Waals surface area contributed by atoms with E-state index in [-0.39, 0.29) is 11.8 Å². The van der Waals surface area contributed by atoms with Gasteiger partial charge in [-0.25, -0.2) is 4.98 Å². The zero-order valence-electron chi connectivity index (χ0n) is 15.0. The highest BCUT2D eigenvalue weighted by Gasteiger charge is 2.26. The second-order valence-corrected chi connectivity index (χ2v) is 7.05. The third-order valence-electron chi connectivity index (χ3n) is 4.85. The standard InChI is InChI=1S/C20H23N3O2/c1-13(2)19-21-14(3)18(25-19)20(24)22-9-6-10-23-16(12-22)11-15-7-4-5-8-17(15)23/h4-5,7-8,11,13H,6,9-10,12H2,1-3H3. The first kappa shape index (κ1) is 15.9. The van der Waals surface area contributed by atoms with Crippen LogP contribution in [0.4, 0.5) is 0 Å². The quantitative estimate of drug-likeness (QED) is 0.707. The van der Waals surface area contributed by atoms with E-state index in [0.717, 1.165) is 19.5 Å². The minimum absolute atomic E-state index is 0.0596. The Kier molecular flexibility index (Phi) is 3.86. The van der Waals surface area contributed by atoms with Gasteiger partial charge in [0.15, 0.2) is 5.89 Å². The van der Waals surface area contributed by atoms with Crippen LogP contribution in [0.25, 0.3) is 10.9 Å². The Morgan fingerprint density at radius 2 is 2.04 bits per heavy atom. The third-order valence-corrected chi connectivity index (χ3v) is 4.85. The molecule has 4 rings (SSSR count). The number of para-hydroxylation sites is 1. The van der Waals surface area contributed by atoms with Crippen LogP contribution in [0, 0.1) is 6.92 Å². The van der Waals surface area contributed by atoms with Gasteiger partial charge in [0.2, 0.25) is 5.76 Å². The first-order valence-corrected chi connectivity index (χ1v) is 8.88. The van der Waals surface area contributed by atoms with Gasteiger partial charge in [-0.05, 0) is 30.9 Å². The summed E-state index contributed by atoms with van der Waals surface area (Å²) in [4.78, 5) is 19.3. The van der Waals surface area contributed by atoms with E-state index in [1.807, 2.05) is 25.7 Å². The van der Waals surface area contributed by atoms with Crippen molar-refractivity contribution < 1.29 is 9.21 Å². The maximum atomic E-state index is 13.0. The van der Waals surface area contributed by atoms with E-state index in [2.05, 4.69) is 39.9 Å². The molecule has 1 aliphatic heterocycles. The molecule has 0 atom stereocenters. The van der Waals surface area contributed by atoms with Gasteiger partial charge in [-0.2, -0.15) is 0 Å². The van der Waals surface area contributed by atoms with E-state index < -0.39 is 0 Å². The Bertz CT molecular complexity index is 936. The van der Waals surface area contributed by atoms with Crippen molar-refractivity contribution in [2.24, 2.45) is 0 Å². The van der Waals surface area contributed by atoms with E-state index >= 15 is 0 Å². The lowest BCUT2D eigenvalue weighted by atomic mass is 10.2. The Morgan fingerprint density at radius 1 is 1.24 bits per heavy atom. The lowest BCUT2D eigenvalue weighted by Gasteiger charge is -2.18. The molecule has 25 heavy (non-hydrogen) atoms. The van der Waals surface area contributed by atoms with Crippen molar-refractivity contribution in [2.45, 2.75) is 46.2 Å². The molecule has 1 aliphatic rings. The summed E-state index contributed by atoms with van der Waals surface area (Å²) in [5, 5.41) is 1.23. The summed E-state index contributed by atoms with van der Waals surface area (Å²) in [6, 6.07) is 10.6. The molecule has 0 saturated carbocycles. The number of rotatable bonds is 2. The SMILES string of the molecule is Cc1nc(C(C)C)oc1C(=O)N1CCCn2c(cc3ccccc32)C1. The van der Waals surface area contributed by atoms with Crippen LogP contribution in [0.1, 0.15) is 54.0 Å². The van der Waals surface area contributed by atoms with Crippen LogP contribution in [0.3, 0.4) is 0 Å². The monoisotopic (exact) mass is 337 g/mol. The molecule has 1 aromatic carbocycles. The first-order chi connectivity index (χ1) is 12.0. The molecular formula is C20H23N3O2. The summed E-state index contributed by atoms with van der Waals surface area (Å²) < 4.78 is 8.10. The molecular weight excluding hydrogens is 314 g/mol. The van der Waals surface area contributed by atoms with Gasteiger partial charge in [0.1, 0.15) is 0 Å². The molecule has 0 unspecified atom stereocenters. The van der Waals surface area contributed by atoms with Crippen molar-refractivity contribution in [1.29, 1.82) is 0 Å². The lowest BCUT2D eigenvalue weighted by Crippen LogP contribution is -2.30. The van der Waals surface area contributed by atoms with E-state index in [1.165, 1.54) is 16.6 Å². The van der Waals surface area contributed by atoms with Gasteiger partial charge in [-0.3, -0.25) is 4.79 Å². The molecule has 0 saturated heterocycles. The summed E-state index contributed by atoms with van der Waals surface area (Å²) in [6.45, 7) is 8.14. The number of nitrogens with zero attached hydrogens (tertiary/aromatic N) is 3. The topological polar surface area (TPSA) is 51.3 Å². The van der Waals surface area contributed by atoms with Gasteiger partial charge >= 0.3 is 0 Å². The highest BCUT2D eigenvalue weighted by molar-refractivity contribution is 5.92. The van der Waals surface area contributed by atoms with E-state index in [1.54, 1.807) is 0 Å². The van der Waals surface area contributed by atoms with Crippen LogP contribution in [0.2, 0.25) is 0 Å². The van der Waals surface area contributed by atoms with Crippen molar-refractivity contribution in [3.05, 3.63) is 53.4 Å². The normalized spacial score (nSPS) is 14.8. The molecule has 0 aliphatic carbocycles. The van der Waals surface area contributed by atoms with Crippen LogP contribution in [0.15, 0.2) is 34.7 Å². The van der Waals surface area contributed by atoms with Crippen molar-refractivity contribution in [1.82, 2.24) is 14.5 Å². The molecule has 0 bridgehead atoms. The number of aromatic nitrogens is 2. The minimum Gasteiger partial charge on any atom is -0.435 e. The van der Waals surface area contributed by atoms with Crippen LogP contribution >= 0.6 is 0 Å². The first-order valence-electron chi connectivity index (χ1n) is 8.88. The van der Waals surface area contributed by atoms with Crippen molar-refractivity contribution in [2.75, 3.05) is 6.54 Å². The fourth-order valence-electron chi connectivity index (χ4n) is 3.54. The zero-order valence-corrected chi connectivity index (χ0v) is 15.0. The molecule has 3 heterocycles. The Balaban J connectivity index is 1.66. The van der Waals surface area contributed by atoms with Gasteiger partial charge in [0.25, 0.3) is 5.91 Å². The number of carbonyl (C=O) groups excluding carboxylic acids is 1. The van der Waals surface area contributed by atoms with Crippen molar-refractivity contribution in [3.63, 3.8) is 0 Å². The highest BCUT2D eigenvalue weighted by Crippen LogP contribution is 2.26. The van der Waals surface area contributed by atoms with Crippen LogP contribution in [0.5, 0.6) is 0 Å². The van der Waals surface area contributed by atoms with E-state index in [4.69, 9.17) is 4.42 Å². The Hall–Kier alpha value is -2.56. The molecule has 5 heteroatoms. The van der Waals surface area contributed by atoms with Gasteiger partial charge in [-0.15, -0.1) is 0 Å².